The van der Waals surface area contributed by atoms with Crippen molar-refractivity contribution >= 4 is 17.8 Å². The fraction of sp³-hybridized carbons (Fsp3) is 0.842. The number of imide groups is 1. The van der Waals surface area contributed by atoms with Crippen molar-refractivity contribution in [2.24, 2.45) is 11.3 Å². The van der Waals surface area contributed by atoms with Crippen LogP contribution in [-0.2, 0) is 9.59 Å². The summed E-state index contributed by atoms with van der Waals surface area (Å²) in [4.78, 5) is 39.1. The summed E-state index contributed by atoms with van der Waals surface area (Å²) in [6, 6.07) is -0.202. The molecule has 2 saturated heterocycles. The van der Waals surface area contributed by atoms with Crippen LogP contribution in [0.1, 0.15) is 59.8 Å². The van der Waals surface area contributed by atoms with Gasteiger partial charge >= 0.3 is 6.03 Å². The number of nitrogens with one attached hydrogen (secondary N) is 3. The normalized spacial score (nSPS) is 36.9. The minimum atomic E-state index is -0.849. The first-order valence-electron chi connectivity index (χ1n) is 9.79. The monoisotopic (exact) mass is 364 g/mol. The molecule has 0 aromatic carbocycles. The van der Waals surface area contributed by atoms with Crippen LogP contribution in [0.2, 0.25) is 0 Å². The zero-order valence-corrected chi connectivity index (χ0v) is 16.4. The molecule has 0 aromatic rings. The number of urea groups is 1. The zero-order chi connectivity index (χ0) is 19.1. The van der Waals surface area contributed by atoms with Gasteiger partial charge in [0.1, 0.15) is 12.1 Å². The van der Waals surface area contributed by atoms with E-state index in [-0.39, 0.29) is 35.9 Å². The lowest BCUT2D eigenvalue weighted by Gasteiger charge is -2.43. The SMILES string of the molecule is CC1CC(C)(C)CC2(C1)NC(=O)N(CC(=O)NC1CCCNC1C)C2=O. The lowest BCUT2D eigenvalue weighted by Crippen LogP contribution is -2.55. The molecule has 0 bridgehead atoms. The minimum Gasteiger partial charge on any atom is -0.350 e. The van der Waals surface area contributed by atoms with E-state index >= 15 is 0 Å². The van der Waals surface area contributed by atoms with Crippen molar-refractivity contribution in [3.05, 3.63) is 0 Å². The number of piperidine rings is 1. The van der Waals surface area contributed by atoms with Gasteiger partial charge in [0.15, 0.2) is 0 Å². The fourth-order valence-electron chi connectivity index (χ4n) is 5.29. The number of carbonyl (C=O) groups excluding carboxylic acids is 3. The third kappa shape index (κ3) is 3.72. The number of rotatable bonds is 3. The van der Waals surface area contributed by atoms with Crippen LogP contribution in [0.4, 0.5) is 4.79 Å². The van der Waals surface area contributed by atoms with Crippen molar-refractivity contribution in [2.75, 3.05) is 13.1 Å². The van der Waals surface area contributed by atoms with Crippen LogP contribution in [-0.4, -0.2) is 53.5 Å². The number of nitrogens with zero attached hydrogens (tertiary/aromatic N) is 1. The average molecular weight is 364 g/mol. The summed E-state index contributed by atoms with van der Waals surface area (Å²) < 4.78 is 0. The molecule has 3 rings (SSSR count). The van der Waals surface area contributed by atoms with Crippen LogP contribution in [0.25, 0.3) is 0 Å². The van der Waals surface area contributed by atoms with Gasteiger partial charge in [-0.05, 0) is 56.9 Å². The molecule has 2 heterocycles. The zero-order valence-electron chi connectivity index (χ0n) is 16.4. The van der Waals surface area contributed by atoms with Gasteiger partial charge in [-0.15, -0.1) is 0 Å². The Labute approximate surface area is 155 Å². The summed E-state index contributed by atoms with van der Waals surface area (Å²) in [6.45, 7) is 9.18. The van der Waals surface area contributed by atoms with Gasteiger partial charge in [-0.25, -0.2) is 4.79 Å². The Morgan fingerprint density at radius 2 is 2.00 bits per heavy atom. The molecule has 1 aliphatic carbocycles. The smallest absolute Gasteiger partial charge is 0.325 e. The highest BCUT2D eigenvalue weighted by Gasteiger charge is 2.56. The van der Waals surface area contributed by atoms with Crippen LogP contribution in [0.3, 0.4) is 0 Å². The summed E-state index contributed by atoms with van der Waals surface area (Å²) in [5.41, 5.74) is -0.861. The molecule has 1 spiro atoms. The Morgan fingerprint density at radius 1 is 1.27 bits per heavy atom. The Balaban J connectivity index is 1.66. The predicted molar refractivity (Wildman–Crippen MR) is 98.4 cm³/mol. The number of amides is 4. The molecule has 7 nitrogen and oxygen atoms in total. The molecule has 26 heavy (non-hydrogen) atoms. The molecule has 0 aromatic heterocycles. The predicted octanol–water partition coefficient (Wildman–Crippen LogP) is 1.38. The van der Waals surface area contributed by atoms with Gasteiger partial charge in [0.05, 0.1) is 0 Å². The highest BCUT2D eigenvalue weighted by atomic mass is 16.2. The quantitative estimate of drug-likeness (QED) is 0.660. The molecule has 2 aliphatic heterocycles. The summed E-state index contributed by atoms with van der Waals surface area (Å²) in [5, 5.41) is 9.23. The number of carbonyl (C=O) groups is 3. The molecule has 4 amide bonds. The lowest BCUT2D eigenvalue weighted by atomic mass is 9.64. The molecule has 4 atom stereocenters. The molecule has 3 fully saturated rings. The maximum Gasteiger partial charge on any atom is 0.325 e. The Bertz CT molecular complexity index is 606. The topological polar surface area (TPSA) is 90.5 Å². The molecule has 4 unspecified atom stereocenters. The van der Waals surface area contributed by atoms with Gasteiger partial charge in [-0.2, -0.15) is 0 Å². The Kier molecular flexibility index (Phi) is 5.03. The summed E-state index contributed by atoms with van der Waals surface area (Å²) in [6.07, 6.45) is 4.22. The average Bonchev–Trinajstić information content (AvgIpc) is 2.71. The number of hydrogen-bond donors (Lipinski definition) is 3. The summed E-state index contributed by atoms with van der Waals surface area (Å²) in [7, 11) is 0. The van der Waals surface area contributed by atoms with E-state index in [9.17, 15) is 14.4 Å². The molecule has 1 saturated carbocycles. The summed E-state index contributed by atoms with van der Waals surface area (Å²) in [5.74, 6) is -0.160. The van der Waals surface area contributed by atoms with Gasteiger partial charge in [-0.1, -0.05) is 20.8 Å². The van der Waals surface area contributed by atoms with Crippen molar-refractivity contribution in [1.82, 2.24) is 20.9 Å². The summed E-state index contributed by atoms with van der Waals surface area (Å²) >= 11 is 0. The molecular formula is C19H32N4O3. The van der Waals surface area contributed by atoms with Crippen molar-refractivity contribution in [3.63, 3.8) is 0 Å². The van der Waals surface area contributed by atoms with E-state index < -0.39 is 11.6 Å². The van der Waals surface area contributed by atoms with Gasteiger partial charge < -0.3 is 16.0 Å². The van der Waals surface area contributed by atoms with E-state index in [0.717, 1.165) is 30.7 Å². The van der Waals surface area contributed by atoms with Crippen LogP contribution in [0.5, 0.6) is 0 Å². The first-order chi connectivity index (χ1) is 12.1. The second kappa shape index (κ2) is 6.83. The molecule has 7 heteroatoms. The first kappa shape index (κ1) is 19.1. The van der Waals surface area contributed by atoms with Crippen molar-refractivity contribution in [2.45, 2.75) is 77.4 Å². The van der Waals surface area contributed by atoms with E-state index in [4.69, 9.17) is 0 Å². The maximum atomic E-state index is 13.1. The Morgan fingerprint density at radius 3 is 2.65 bits per heavy atom. The Hall–Kier alpha value is -1.63. The molecule has 3 N–H and O–H groups in total. The second-order valence-corrected chi connectivity index (χ2v) is 9.32. The van der Waals surface area contributed by atoms with Crippen molar-refractivity contribution < 1.29 is 14.4 Å². The first-order valence-corrected chi connectivity index (χ1v) is 9.79. The van der Waals surface area contributed by atoms with Crippen LogP contribution < -0.4 is 16.0 Å². The van der Waals surface area contributed by atoms with E-state index in [1.807, 2.05) is 6.92 Å². The van der Waals surface area contributed by atoms with Crippen LogP contribution in [0.15, 0.2) is 0 Å². The third-order valence-corrected chi connectivity index (χ3v) is 6.03. The highest BCUT2D eigenvalue weighted by Crippen LogP contribution is 2.46. The van der Waals surface area contributed by atoms with Gasteiger partial charge in [0.2, 0.25) is 5.91 Å². The molecule has 3 aliphatic rings. The largest absolute Gasteiger partial charge is 0.350 e. The standard InChI is InChI=1S/C19H32N4O3/c1-12-8-18(3,4)11-19(9-12)16(25)23(17(26)22-19)10-15(24)21-14-6-5-7-20-13(14)2/h12-14,20H,5-11H2,1-4H3,(H,21,24)(H,22,26). The van der Waals surface area contributed by atoms with Crippen molar-refractivity contribution in [1.29, 1.82) is 0 Å². The van der Waals surface area contributed by atoms with Crippen LogP contribution in [0, 0.1) is 11.3 Å². The highest BCUT2D eigenvalue weighted by molar-refractivity contribution is 6.09. The van der Waals surface area contributed by atoms with E-state index in [0.29, 0.717) is 18.8 Å². The van der Waals surface area contributed by atoms with Crippen LogP contribution >= 0.6 is 0 Å². The third-order valence-electron chi connectivity index (χ3n) is 6.03. The van der Waals surface area contributed by atoms with Crippen molar-refractivity contribution in [3.8, 4) is 0 Å². The van der Waals surface area contributed by atoms with E-state index in [2.05, 4.69) is 36.7 Å². The van der Waals surface area contributed by atoms with Gasteiger partial charge in [0, 0.05) is 12.1 Å². The second-order valence-electron chi connectivity index (χ2n) is 9.32. The van der Waals surface area contributed by atoms with E-state index in [1.165, 1.54) is 0 Å². The molecule has 0 radical (unpaired) electrons. The van der Waals surface area contributed by atoms with Gasteiger partial charge in [0.25, 0.3) is 5.91 Å². The maximum absolute atomic E-state index is 13.1. The minimum absolute atomic E-state index is 0.0118. The molecule has 146 valence electrons. The lowest BCUT2D eigenvalue weighted by molar-refractivity contribution is -0.137. The van der Waals surface area contributed by atoms with Gasteiger partial charge in [-0.3, -0.25) is 14.5 Å². The van der Waals surface area contributed by atoms with E-state index in [1.54, 1.807) is 0 Å². The molecular weight excluding hydrogens is 332 g/mol. The number of hydrogen-bond acceptors (Lipinski definition) is 4. The fourth-order valence-corrected chi connectivity index (χ4v) is 5.29.